The standard InChI is InChI=1S/C13H21N5O/c1-10-14-12(16-15-10)13(19)18-8-5-11(9-18)17-6-3-2-4-7-17/h11H,2-9H2,1H3,(H,14,15,16). The summed E-state index contributed by atoms with van der Waals surface area (Å²) in [6.07, 6.45) is 5.02. The number of piperidine rings is 1. The second-order valence-corrected chi connectivity index (χ2v) is 5.53. The van der Waals surface area contributed by atoms with Crippen molar-refractivity contribution in [2.45, 2.75) is 38.6 Å². The Hall–Kier alpha value is -1.43. The van der Waals surface area contributed by atoms with Gasteiger partial charge < -0.3 is 4.90 Å². The summed E-state index contributed by atoms with van der Waals surface area (Å²) >= 11 is 0. The molecule has 1 aromatic heterocycles. The molecule has 3 heterocycles. The number of hydrogen-bond donors (Lipinski definition) is 1. The second kappa shape index (κ2) is 5.28. The summed E-state index contributed by atoms with van der Waals surface area (Å²) in [5.41, 5.74) is 0. The van der Waals surface area contributed by atoms with Crippen LogP contribution in [-0.2, 0) is 0 Å². The summed E-state index contributed by atoms with van der Waals surface area (Å²) in [7, 11) is 0. The van der Waals surface area contributed by atoms with Crippen LogP contribution in [-0.4, -0.2) is 63.1 Å². The number of hydrogen-bond acceptors (Lipinski definition) is 4. The molecule has 1 atom stereocenters. The van der Waals surface area contributed by atoms with Crippen molar-refractivity contribution >= 4 is 5.91 Å². The molecule has 2 saturated heterocycles. The van der Waals surface area contributed by atoms with Gasteiger partial charge in [-0.15, -0.1) is 5.10 Å². The molecule has 2 aliphatic heterocycles. The molecule has 0 saturated carbocycles. The minimum absolute atomic E-state index is 0.0381. The number of nitrogens with one attached hydrogen (secondary N) is 1. The van der Waals surface area contributed by atoms with E-state index in [4.69, 9.17) is 0 Å². The summed E-state index contributed by atoms with van der Waals surface area (Å²) in [6, 6.07) is 0.532. The van der Waals surface area contributed by atoms with Crippen LogP contribution in [0.2, 0.25) is 0 Å². The summed E-state index contributed by atoms with van der Waals surface area (Å²) in [4.78, 5) is 20.8. The van der Waals surface area contributed by atoms with Crippen LogP contribution in [0.4, 0.5) is 0 Å². The fraction of sp³-hybridized carbons (Fsp3) is 0.769. The van der Waals surface area contributed by atoms with Gasteiger partial charge in [-0.1, -0.05) is 6.42 Å². The van der Waals surface area contributed by atoms with Crippen LogP contribution in [0.5, 0.6) is 0 Å². The Morgan fingerprint density at radius 2 is 2.05 bits per heavy atom. The lowest BCUT2D eigenvalue weighted by atomic mass is 10.1. The lowest BCUT2D eigenvalue weighted by Gasteiger charge is -2.32. The second-order valence-electron chi connectivity index (χ2n) is 5.53. The zero-order chi connectivity index (χ0) is 13.2. The first-order chi connectivity index (χ1) is 9.24. The number of aromatic amines is 1. The van der Waals surface area contributed by atoms with E-state index in [1.807, 2.05) is 11.8 Å². The zero-order valence-electron chi connectivity index (χ0n) is 11.4. The van der Waals surface area contributed by atoms with Crippen LogP contribution < -0.4 is 0 Å². The Kier molecular flexibility index (Phi) is 3.50. The van der Waals surface area contributed by atoms with Gasteiger partial charge in [-0.05, 0) is 39.3 Å². The van der Waals surface area contributed by atoms with Crippen molar-refractivity contribution in [1.29, 1.82) is 0 Å². The molecule has 1 unspecified atom stereocenters. The van der Waals surface area contributed by atoms with E-state index in [1.165, 1.54) is 32.4 Å². The van der Waals surface area contributed by atoms with Crippen LogP contribution in [0.25, 0.3) is 0 Å². The van der Waals surface area contributed by atoms with Crippen molar-refractivity contribution in [3.8, 4) is 0 Å². The molecule has 3 rings (SSSR count). The average molecular weight is 263 g/mol. The van der Waals surface area contributed by atoms with Crippen LogP contribution in [0.15, 0.2) is 0 Å². The smallest absolute Gasteiger partial charge is 0.293 e. The van der Waals surface area contributed by atoms with Gasteiger partial charge in [0.25, 0.3) is 5.91 Å². The predicted molar refractivity (Wildman–Crippen MR) is 70.9 cm³/mol. The van der Waals surface area contributed by atoms with E-state index in [9.17, 15) is 4.79 Å². The van der Waals surface area contributed by atoms with E-state index >= 15 is 0 Å². The largest absolute Gasteiger partial charge is 0.334 e. The third-order valence-corrected chi connectivity index (χ3v) is 4.15. The molecule has 0 aliphatic carbocycles. The van der Waals surface area contributed by atoms with Crippen LogP contribution in [0.3, 0.4) is 0 Å². The molecule has 0 spiro atoms. The Bertz CT molecular complexity index is 452. The van der Waals surface area contributed by atoms with Crippen LogP contribution in [0, 0.1) is 6.92 Å². The van der Waals surface area contributed by atoms with E-state index in [0.717, 1.165) is 19.5 Å². The molecular formula is C13H21N5O. The van der Waals surface area contributed by atoms with Gasteiger partial charge in [0.15, 0.2) is 0 Å². The normalized spacial score (nSPS) is 24.9. The summed E-state index contributed by atoms with van der Waals surface area (Å²) < 4.78 is 0. The first-order valence-corrected chi connectivity index (χ1v) is 7.16. The topological polar surface area (TPSA) is 65.1 Å². The van der Waals surface area contributed by atoms with E-state index in [2.05, 4.69) is 20.1 Å². The molecule has 0 bridgehead atoms. The maximum atomic E-state index is 12.3. The minimum atomic E-state index is -0.0381. The minimum Gasteiger partial charge on any atom is -0.334 e. The maximum absolute atomic E-state index is 12.3. The maximum Gasteiger partial charge on any atom is 0.293 e. The Morgan fingerprint density at radius 1 is 1.26 bits per heavy atom. The molecule has 1 amide bonds. The molecule has 6 nitrogen and oxygen atoms in total. The molecule has 2 fully saturated rings. The highest BCUT2D eigenvalue weighted by molar-refractivity contribution is 5.90. The summed E-state index contributed by atoms with van der Waals surface area (Å²) in [5.74, 6) is 0.954. The average Bonchev–Trinajstić information content (AvgIpc) is 3.08. The highest BCUT2D eigenvalue weighted by atomic mass is 16.2. The Labute approximate surface area is 113 Å². The first-order valence-electron chi connectivity index (χ1n) is 7.16. The van der Waals surface area contributed by atoms with Crippen molar-refractivity contribution in [1.82, 2.24) is 25.0 Å². The molecule has 104 valence electrons. The van der Waals surface area contributed by atoms with Gasteiger partial charge in [-0.3, -0.25) is 14.8 Å². The van der Waals surface area contributed by atoms with Gasteiger partial charge in [-0.25, -0.2) is 4.98 Å². The number of likely N-dealkylation sites (tertiary alicyclic amines) is 2. The van der Waals surface area contributed by atoms with E-state index in [0.29, 0.717) is 17.7 Å². The van der Waals surface area contributed by atoms with E-state index in [-0.39, 0.29) is 5.91 Å². The van der Waals surface area contributed by atoms with Gasteiger partial charge in [0, 0.05) is 19.1 Å². The van der Waals surface area contributed by atoms with Crippen molar-refractivity contribution in [3.05, 3.63) is 11.6 Å². The number of carbonyl (C=O) groups is 1. The number of H-pyrrole nitrogens is 1. The molecule has 0 aromatic carbocycles. The van der Waals surface area contributed by atoms with E-state index in [1.54, 1.807) is 0 Å². The summed E-state index contributed by atoms with van der Waals surface area (Å²) in [5, 5.41) is 6.69. The molecule has 19 heavy (non-hydrogen) atoms. The summed E-state index contributed by atoms with van der Waals surface area (Å²) in [6.45, 7) is 5.84. The van der Waals surface area contributed by atoms with Gasteiger partial charge in [-0.2, -0.15) is 0 Å². The first kappa shape index (κ1) is 12.6. The van der Waals surface area contributed by atoms with Crippen molar-refractivity contribution in [3.63, 3.8) is 0 Å². The molecule has 1 N–H and O–H groups in total. The van der Waals surface area contributed by atoms with Crippen LogP contribution >= 0.6 is 0 Å². The quantitative estimate of drug-likeness (QED) is 0.857. The van der Waals surface area contributed by atoms with E-state index < -0.39 is 0 Å². The zero-order valence-corrected chi connectivity index (χ0v) is 11.4. The fourth-order valence-electron chi connectivity index (χ4n) is 3.09. The molecule has 1 aromatic rings. The molecule has 6 heteroatoms. The SMILES string of the molecule is Cc1nc(C(=O)N2CCC(N3CCCCC3)C2)n[nH]1. The molecule has 2 aliphatic rings. The monoisotopic (exact) mass is 263 g/mol. The van der Waals surface area contributed by atoms with Gasteiger partial charge in [0.05, 0.1) is 0 Å². The van der Waals surface area contributed by atoms with Crippen LogP contribution in [0.1, 0.15) is 42.1 Å². The van der Waals surface area contributed by atoms with Crippen molar-refractivity contribution in [2.24, 2.45) is 0 Å². The molecule has 0 radical (unpaired) electrons. The highest BCUT2D eigenvalue weighted by Crippen LogP contribution is 2.20. The van der Waals surface area contributed by atoms with Gasteiger partial charge >= 0.3 is 0 Å². The van der Waals surface area contributed by atoms with Gasteiger partial charge in [0.1, 0.15) is 5.82 Å². The van der Waals surface area contributed by atoms with Crippen molar-refractivity contribution < 1.29 is 4.79 Å². The van der Waals surface area contributed by atoms with Crippen molar-refractivity contribution in [2.75, 3.05) is 26.2 Å². The number of carbonyl (C=O) groups excluding carboxylic acids is 1. The number of nitrogens with zero attached hydrogens (tertiary/aromatic N) is 4. The lowest BCUT2D eigenvalue weighted by Crippen LogP contribution is -2.41. The number of aryl methyl sites for hydroxylation is 1. The lowest BCUT2D eigenvalue weighted by molar-refractivity contribution is 0.0760. The number of aromatic nitrogens is 3. The number of amides is 1. The predicted octanol–water partition coefficient (Wildman–Crippen LogP) is 0.814. The third-order valence-electron chi connectivity index (χ3n) is 4.15. The fourth-order valence-corrected chi connectivity index (χ4v) is 3.09. The molecular weight excluding hydrogens is 242 g/mol. The Morgan fingerprint density at radius 3 is 2.74 bits per heavy atom. The number of rotatable bonds is 2. The third kappa shape index (κ3) is 2.63. The highest BCUT2D eigenvalue weighted by Gasteiger charge is 2.32. The Balaban J connectivity index is 1.60. The van der Waals surface area contributed by atoms with Gasteiger partial charge in [0.2, 0.25) is 5.82 Å².